The first-order valence-corrected chi connectivity index (χ1v) is 9.61. The van der Waals surface area contributed by atoms with Crippen molar-refractivity contribution < 1.29 is 14.3 Å². The van der Waals surface area contributed by atoms with Crippen molar-refractivity contribution in [3.05, 3.63) is 58.9 Å². The van der Waals surface area contributed by atoms with Crippen LogP contribution in [0.2, 0.25) is 5.02 Å². The van der Waals surface area contributed by atoms with E-state index >= 15 is 0 Å². The van der Waals surface area contributed by atoms with Gasteiger partial charge < -0.3 is 14.0 Å². The molecule has 6 heteroatoms. The third-order valence-corrected chi connectivity index (χ3v) is 5.45. The number of methoxy groups -OCH3 is 2. The van der Waals surface area contributed by atoms with Gasteiger partial charge in [0.2, 0.25) is 0 Å². The first kappa shape index (κ1) is 19.3. The SMILES string of the molecule is COC(=O)Cn1c(C)c(-c2cc(C)nc3ccc(OC)cc23)c2cc(Cl)ccc21. The molecule has 0 amide bonds. The zero-order valence-electron chi connectivity index (χ0n) is 16.7. The zero-order chi connectivity index (χ0) is 20.7. The number of carbonyl (C=O) groups is 1. The Bertz CT molecular complexity index is 1260. The van der Waals surface area contributed by atoms with E-state index in [4.69, 9.17) is 21.1 Å². The topological polar surface area (TPSA) is 53.4 Å². The van der Waals surface area contributed by atoms with Crippen LogP contribution >= 0.6 is 11.6 Å². The van der Waals surface area contributed by atoms with Gasteiger partial charge in [-0.2, -0.15) is 0 Å². The van der Waals surface area contributed by atoms with Crippen molar-refractivity contribution in [1.29, 1.82) is 0 Å². The maximum atomic E-state index is 12.0. The molecule has 5 nitrogen and oxygen atoms in total. The van der Waals surface area contributed by atoms with E-state index in [0.29, 0.717) is 5.02 Å². The van der Waals surface area contributed by atoms with Gasteiger partial charge >= 0.3 is 5.97 Å². The van der Waals surface area contributed by atoms with Crippen LogP contribution in [0.3, 0.4) is 0 Å². The number of esters is 1. The maximum absolute atomic E-state index is 12.0. The number of carbonyl (C=O) groups excluding carboxylic acids is 1. The van der Waals surface area contributed by atoms with E-state index in [9.17, 15) is 4.79 Å². The largest absolute Gasteiger partial charge is 0.497 e. The minimum absolute atomic E-state index is 0.131. The Morgan fingerprint density at radius 2 is 1.86 bits per heavy atom. The molecule has 0 aliphatic heterocycles. The summed E-state index contributed by atoms with van der Waals surface area (Å²) in [5, 5.41) is 2.60. The van der Waals surface area contributed by atoms with E-state index in [-0.39, 0.29) is 12.5 Å². The number of rotatable bonds is 4. The summed E-state index contributed by atoms with van der Waals surface area (Å²) in [6, 6.07) is 13.6. The monoisotopic (exact) mass is 408 g/mol. The number of pyridine rings is 1. The molecule has 4 rings (SSSR count). The Morgan fingerprint density at radius 1 is 1.07 bits per heavy atom. The van der Waals surface area contributed by atoms with Crippen molar-refractivity contribution in [2.75, 3.05) is 14.2 Å². The summed E-state index contributed by atoms with van der Waals surface area (Å²) >= 11 is 6.34. The molecule has 0 atom stereocenters. The number of nitrogens with zero attached hydrogens (tertiary/aromatic N) is 2. The van der Waals surface area contributed by atoms with Crippen LogP contribution in [0.15, 0.2) is 42.5 Å². The minimum Gasteiger partial charge on any atom is -0.497 e. The van der Waals surface area contributed by atoms with Crippen LogP contribution < -0.4 is 4.74 Å². The molecule has 29 heavy (non-hydrogen) atoms. The van der Waals surface area contributed by atoms with Gasteiger partial charge in [0.1, 0.15) is 12.3 Å². The van der Waals surface area contributed by atoms with E-state index in [1.807, 2.05) is 54.8 Å². The summed E-state index contributed by atoms with van der Waals surface area (Å²) in [5.74, 6) is 0.460. The molecule has 0 unspecified atom stereocenters. The Balaban J connectivity index is 2.10. The third kappa shape index (κ3) is 3.32. The van der Waals surface area contributed by atoms with Crippen LogP contribution in [-0.4, -0.2) is 29.7 Å². The van der Waals surface area contributed by atoms with Gasteiger partial charge in [-0.25, -0.2) is 0 Å². The van der Waals surface area contributed by atoms with Gasteiger partial charge in [-0.15, -0.1) is 0 Å². The number of hydrogen-bond acceptors (Lipinski definition) is 4. The molecular weight excluding hydrogens is 388 g/mol. The normalized spacial score (nSPS) is 11.2. The quantitative estimate of drug-likeness (QED) is 0.429. The molecule has 0 aliphatic carbocycles. The molecule has 0 aliphatic rings. The van der Waals surface area contributed by atoms with Crippen LogP contribution in [0.25, 0.3) is 32.9 Å². The highest BCUT2D eigenvalue weighted by atomic mass is 35.5. The highest BCUT2D eigenvalue weighted by molar-refractivity contribution is 6.31. The van der Waals surface area contributed by atoms with Gasteiger partial charge in [0.15, 0.2) is 0 Å². The van der Waals surface area contributed by atoms with E-state index in [0.717, 1.165) is 50.1 Å². The minimum atomic E-state index is -0.302. The first-order chi connectivity index (χ1) is 13.9. The summed E-state index contributed by atoms with van der Waals surface area (Å²) < 4.78 is 12.3. The molecule has 0 spiro atoms. The highest BCUT2D eigenvalue weighted by Gasteiger charge is 2.20. The number of fused-ring (bicyclic) bond motifs is 2. The van der Waals surface area contributed by atoms with Gasteiger partial charge in [0.05, 0.1) is 19.7 Å². The summed E-state index contributed by atoms with van der Waals surface area (Å²) in [4.78, 5) is 16.7. The predicted octanol–water partition coefficient (Wildman–Crippen LogP) is 5.31. The molecule has 0 N–H and O–H groups in total. The molecule has 0 saturated heterocycles. The number of aryl methyl sites for hydroxylation is 1. The lowest BCUT2D eigenvalue weighted by atomic mass is 9.97. The summed E-state index contributed by atoms with van der Waals surface area (Å²) in [7, 11) is 3.04. The fraction of sp³-hybridized carbons (Fsp3) is 0.217. The Morgan fingerprint density at radius 3 is 2.59 bits per heavy atom. The van der Waals surface area contributed by atoms with Crippen molar-refractivity contribution in [3.8, 4) is 16.9 Å². The highest BCUT2D eigenvalue weighted by Crippen LogP contribution is 2.40. The average Bonchev–Trinajstić information content (AvgIpc) is 2.97. The third-order valence-electron chi connectivity index (χ3n) is 5.21. The maximum Gasteiger partial charge on any atom is 0.325 e. The molecule has 148 valence electrons. The van der Waals surface area contributed by atoms with Crippen molar-refractivity contribution in [2.24, 2.45) is 0 Å². The van der Waals surface area contributed by atoms with Crippen LogP contribution in [0.1, 0.15) is 11.4 Å². The Hall–Kier alpha value is -3.05. The second-order valence-corrected chi connectivity index (χ2v) is 7.41. The Labute approximate surface area is 173 Å². The van der Waals surface area contributed by atoms with Gasteiger partial charge in [-0.05, 0) is 61.9 Å². The first-order valence-electron chi connectivity index (χ1n) is 9.24. The number of aromatic nitrogens is 2. The molecule has 4 aromatic rings. The molecule has 0 bridgehead atoms. The number of halogens is 1. The second-order valence-electron chi connectivity index (χ2n) is 6.98. The molecule has 2 aromatic heterocycles. The van der Waals surface area contributed by atoms with E-state index < -0.39 is 0 Å². The number of ether oxygens (including phenoxy) is 2. The predicted molar refractivity (Wildman–Crippen MR) is 116 cm³/mol. The van der Waals surface area contributed by atoms with Crippen molar-refractivity contribution in [3.63, 3.8) is 0 Å². The van der Waals surface area contributed by atoms with Crippen molar-refractivity contribution in [1.82, 2.24) is 9.55 Å². The smallest absolute Gasteiger partial charge is 0.325 e. The van der Waals surface area contributed by atoms with Gasteiger partial charge in [0.25, 0.3) is 0 Å². The molecule has 2 heterocycles. The van der Waals surface area contributed by atoms with E-state index in [2.05, 4.69) is 11.1 Å². The van der Waals surface area contributed by atoms with Crippen LogP contribution in [0.5, 0.6) is 5.75 Å². The zero-order valence-corrected chi connectivity index (χ0v) is 17.5. The molecule has 2 aromatic carbocycles. The van der Waals surface area contributed by atoms with Crippen LogP contribution in [-0.2, 0) is 16.1 Å². The summed E-state index contributed by atoms with van der Waals surface area (Å²) in [6.45, 7) is 4.11. The number of hydrogen-bond donors (Lipinski definition) is 0. The Kier molecular flexibility index (Phi) is 4.92. The fourth-order valence-corrected chi connectivity index (χ4v) is 4.03. The second kappa shape index (κ2) is 7.41. The molecule has 0 saturated carbocycles. The standard InChI is InChI=1S/C23H21ClN2O3/c1-13-9-18(17-11-16(28-3)6-7-20(17)25-13)23-14(2)26(12-22(27)29-4)21-8-5-15(24)10-19(21)23/h5-11H,12H2,1-4H3. The lowest BCUT2D eigenvalue weighted by molar-refractivity contribution is -0.141. The molecule has 0 radical (unpaired) electrons. The van der Waals surface area contributed by atoms with Gasteiger partial charge in [-0.3, -0.25) is 9.78 Å². The molecule has 0 fully saturated rings. The molecular formula is C23H21ClN2O3. The lowest BCUT2D eigenvalue weighted by Crippen LogP contribution is -2.12. The van der Waals surface area contributed by atoms with E-state index in [1.165, 1.54) is 7.11 Å². The fourth-order valence-electron chi connectivity index (χ4n) is 3.86. The average molecular weight is 409 g/mol. The van der Waals surface area contributed by atoms with Gasteiger partial charge in [0, 0.05) is 38.3 Å². The van der Waals surface area contributed by atoms with Crippen molar-refractivity contribution in [2.45, 2.75) is 20.4 Å². The van der Waals surface area contributed by atoms with Gasteiger partial charge in [-0.1, -0.05) is 11.6 Å². The lowest BCUT2D eigenvalue weighted by Gasteiger charge is -2.11. The number of benzene rings is 2. The van der Waals surface area contributed by atoms with Crippen molar-refractivity contribution >= 4 is 39.4 Å². The van der Waals surface area contributed by atoms with Crippen LogP contribution in [0, 0.1) is 13.8 Å². The summed E-state index contributed by atoms with van der Waals surface area (Å²) in [5.41, 5.74) is 5.74. The van der Waals surface area contributed by atoms with E-state index in [1.54, 1.807) is 7.11 Å². The summed E-state index contributed by atoms with van der Waals surface area (Å²) in [6.07, 6.45) is 0. The van der Waals surface area contributed by atoms with Crippen LogP contribution in [0.4, 0.5) is 0 Å².